The number of anilines is 1. The zero-order valence-electron chi connectivity index (χ0n) is 21.1. The van der Waals surface area contributed by atoms with E-state index in [0.717, 1.165) is 46.7 Å². The van der Waals surface area contributed by atoms with Crippen LogP contribution in [-0.2, 0) is 9.59 Å². The van der Waals surface area contributed by atoms with Gasteiger partial charge in [0.25, 0.3) is 5.91 Å². The lowest BCUT2D eigenvalue weighted by atomic mass is 9.89. The van der Waals surface area contributed by atoms with Gasteiger partial charge in [-0.05, 0) is 49.6 Å². The van der Waals surface area contributed by atoms with Crippen molar-refractivity contribution < 1.29 is 19.1 Å². The van der Waals surface area contributed by atoms with Crippen molar-refractivity contribution in [2.45, 2.75) is 31.7 Å². The minimum absolute atomic E-state index is 0.0155. The maximum Gasteiger partial charge on any atom is 0.313 e. The van der Waals surface area contributed by atoms with E-state index in [4.69, 9.17) is 15.5 Å². The average molecular weight is 523 g/mol. The van der Waals surface area contributed by atoms with Crippen molar-refractivity contribution in [1.82, 2.24) is 19.8 Å². The number of piperidine rings is 1. The zero-order valence-corrected chi connectivity index (χ0v) is 21.9. The molecule has 3 amide bonds. The number of aromatic nitrogens is 2. The molecule has 0 aliphatic carbocycles. The molecule has 2 aliphatic heterocycles. The number of likely N-dealkylation sites (tertiary alicyclic amines) is 2. The summed E-state index contributed by atoms with van der Waals surface area (Å²) in [6, 6.07) is 7.30. The van der Waals surface area contributed by atoms with Crippen LogP contribution in [0.15, 0.2) is 30.5 Å². The molecule has 2 aromatic heterocycles. The number of carbonyl (C=O) groups is 3. The topological polar surface area (TPSA) is 131 Å². The Balaban J connectivity index is 1.36. The van der Waals surface area contributed by atoms with Crippen LogP contribution in [0.1, 0.15) is 52.7 Å². The number of fused-ring (bicyclic) bond motifs is 1. The van der Waals surface area contributed by atoms with Crippen LogP contribution in [0.3, 0.4) is 0 Å². The van der Waals surface area contributed by atoms with Gasteiger partial charge in [0, 0.05) is 25.6 Å². The Morgan fingerprint density at radius 2 is 1.95 bits per heavy atom. The molecule has 10 nitrogen and oxygen atoms in total. The number of hydrogen-bond donors (Lipinski definition) is 2. The highest BCUT2D eigenvalue weighted by Gasteiger charge is 2.35. The lowest BCUT2D eigenvalue weighted by Gasteiger charge is -2.38. The number of nitrogens with zero attached hydrogens (tertiary/aromatic N) is 4. The van der Waals surface area contributed by atoms with Crippen molar-refractivity contribution in [3.63, 3.8) is 0 Å². The van der Waals surface area contributed by atoms with Crippen LogP contribution < -0.4 is 15.8 Å². The Bertz CT molecular complexity index is 1370. The Hall–Kier alpha value is -3.57. The number of thiazole rings is 1. The van der Waals surface area contributed by atoms with E-state index in [1.165, 1.54) is 19.4 Å². The monoisotopic (exact) mass is 522 g/mol. The number of nitrogens with one attached hydrogen (secondary N) is 1. The summed E-state index contributed by atoms with van der Waals surface area (Å²) in [5.41, 5.74) is 7.50. The van der Waals surface area contributed by atoms with E-state index in [9.17, 15) is 14.4 Å². The van der Waals surface area contributed by atoms with Crippen LogP contribution in [-0.4, -0.2) is 71.3 Å². The first-order chi connectivity index (χ1) is 17.7. The molecule has 2 atom stereocenters. The molecule has 37 heavy (non-hydrogen) atoms. The largest absolute Gasteiger partial charge is 0.480 e. The Labute approximate surface area is 218 Å². The summed E-state index contributed by atoms with van der Waals surface area (Å²) in [5, 5.41) is 3.71. The maximum atomic E-state index is 13.4. The highest BCUT2D eigenvalue weighted by molar-refractivity contribution is 7.18. The summed E-state index contributed by atoms with van der Waals surface area (Å²) < 4.78 is 6.17. The van der Waals surface area contributed by atoms with Gasteiger partial charge in [-0.25, -0.2) is 9.97 Å². The molecule has 2 fully saturated rings. The fourth-order valence-corrected chi connectivity index (χ4v) is 6.13. The number of benzene rings is 1. The van der Waals surface area contributed by atoms with E-state index in [0.29, 0.717) is 12.5 Å². The Kier molecular flexibility index (Phi) is 6.82. The van der Waals surface area contributed by atoms with E-state index >= 15 is 0 Å². The fraction of sp³-hybridized carbons (Fsp3) is 0.423. The van der Waals surface area contributed by atoms with E-state index in [2.05, 4.69) is 41.3 Å². The van der Waals surface area contributed by atoms with E-state index < -0.39 is 17.7 Å². The number of pyridine rings is 1. The first kappa shape index (κ1) is 25.1. The van der Waals surface area contributed by atoms with Gasteiger partial charge in [0.15, 0.2) is 0 Å². The molecule has 11 heteroatoms. The summed E-state index contributed by atoms with van der Waals surface area (Å²) in [7, 11) is 3.47. The summed E-state index contributed by atoms with van der Waals surface area (Å²) in [6.07, 6.45) is 3.03. The predicted octanol–water partition coefficient (Wildman–Crippen LogP) is 2.77. The number of rotatable bonds is 5. The number of ether oxygens (including phenoxy) is 1. The third-order valence-electron chi connectivity index (χ3n) is 7.07. The van der Waals surface area contributed by atoms with Crippen LogP contribution in [0.5, 0.6) is 5.88 Å². The zero-order chi connectivity index (χ0) is 26.3. The quantitative estimate of drug-likeness (QED) is 0.493. The summed E-state index contributed by atoms with van der Waals surface area (Å²) >= 11 is 1.73. The number of carbonyl (C=O) groups excluding carboxylic acids is 3. The molecule has 4 heterocycles. The summed E-state index contributed by atoms with van der Waals surface area (Å²) in [6.45, 7) is 4.59. The van der Waals surface area contributed by atoms with Crippen molar-refractivity contribution in [2.24, 2.45) is 11.7 Å². The van der Waals surface area contributed by atoms with Gasteiger partial charge in [-0.3, -0.25) is 14.4 Å². The van der Waals surface area contributed by atoms with Gasteiger partial charge >= 0.3 is 11.8 Å². The standard InChI is InChI=1S/C26H30N6O4S/c1-14-4-6-20(15-5-7-21-19(8-15)30-25(37-21)16-12-31(2)13-16)32(11-14)26(35)23(34)29-17-9-18(22(27)33)24(36-3)28-10-17/h5,7-10,14,16,20H,4,6,11-13H2,1-3H3,(H2,27,33)(H,29,34)/t14-,20+/m0/s1. The normalized spacial score (nSPS) is 20.5. The minimum atomic E-state index is -0.799. The van der Waals surface area contributed by atoms with E-state index in [1.807, 2.05) is 6.07 Å². The van der Waals surface area contributed by atoms with Gasteiger partial charge in [-0.2, -0.15) is 0 Å². The number of hydrogen-bond acceptors (Lipinski definition) is 8. The van der Waals surface area contributed by atoms with Crippen molar-refractivity contribution in [2.75, 3.05) is 39.1 Å². The lowest BCUT2D eigenvalue weighted by molar-refractivity contribution is -0.146. The van der Waals surface area contributed by atoms with Crippen LogP contribution in [0.25, 0.3) is 10.2 Å². The number of methoxy groups -OCH3 is 1. The number of primary amides is 1. The van der Waals surface area contributed by atoms with E-state index in [1.54, 1.807) is 16.2 Å². The third-order valence-corrected chi connectivity index (χ3v) is 8.27. The molecule has 0 saturated carbocycles. The highest BCUT2D eigenvalue weighted by Crippen LogP contribution is 2.37. The van der Waals surface area contributed by atoms with Crippen molar-refractivity contribution in [1.29, 1.82) is 0 Å². The lowest BCUT2D eigenvalue weighted by Crippen LogP contribution is -2.46. The minimum Gasteiger partial charge on any atom is -0.480 e. The van der Waals surface area contributed by atoms with Crippen LogP contribution >= 0.6 is 11.3 Å². The molecular weight excluding hydrogens is 492 g/mol. The van der Waals surface area contributed by atoms with Gasteiger partial charge in [0.2, 0.25) is 5.88 Å². The number of likely N-dealkylation sites (N-methyl/N-ethyl adjacent to an activating group) is 1. The molecule has 0 bridgehead atoms. The van der Waals surface area contributed by atoms with Gasteiger partial charge in [0.05, 0.1) is 40.3 Å². The molecule has 0 unspecified atom stereocenters. The molecular formula is C26H30N6O4S. The van der Waals surface area contributed by atoms with Crippen molar-refractivity contribution in [3.8, 4) is 5.88 Å². The molecule has 194 valence electrons. The molecule has 3 N–H and O–H groups in total. The van der Waals surface area contributed by atoms with Crippen LogP contribution in [0, 0.1) is 5.92 Å². The van der Waals surface area contributed by atoms with Gasteiger partial charge < -0.3 is 25.6 Å². The first-order valence-corrected chi connectivity index (χ1v) is 13.1. The fourth-order valence-electron chi connectivity index (χ4n) is 5.10. The highest BCUT2D eigenvalue weighted by atomic mass is 32.1. The predicted molar refractivity (Wildman–Crippen MR) is 141 cm³/mol. The van der Waals surface area contributed by atoms with E-state index in [-0.39, 0.29) is 29.1 Å². The summed E-state index contributed by atoms with van der Waals surface area (Å²) in [4.78, 5) is 50.9. The second-order valence-electron chi connectivity index (χ2n) is 9.95. The number of nitrogens with two attached hydrogens (primary N) is 1. The maximum absolute atomic E-state index is 13.4. The molecule has 0 radical (unpaired) electrons. The smallest absolute Gasteiger partial charge is 0.313 e. The first-order valence-electron chi connectivity index (χ1n) is 12.3. The Morgan fingerprint density at radius 1 is 1.16 bits per heavy atom. The van der Waals surface area contributed by atoms with Crippen LogP contribution in [0.4, 0.5) is 5.69 Å². The van der Waals surface area contributed by atoms with Gasteiger partial charge in [-0.15, -0.1) is 11.3 Å². The SMILES string of the molecule is COc1ncc(NC(=O)C(=O)N2C[C@@H](C)CC[C@@H]2c2ccc3sc(C4CN(C)C4)nc3c2)cc1C(N)=O. The van der Waals surface area contributed by atoms with Gasteiger partial charge in [0.1, 0.15) is 5.56 Å². The molecule has 2 aliphatic rings. The molecule has 0 spiro atoms. The molecule has 1 aromatic carbocycles. The molecule has 5 rings (SSSR count). The second kappa shape index (κ2) is 10.1. The second-order valence-corrected chi connectivity index (χ2v) is 11.0. The van der Waals surface area contributed by atoms with Crippen LogP contribution in [0.2, 0.25) is 0 Å². The third kappa shape index (κ3) is 5.01. The average Bonchev–Trinajstić information content (AvgIpc) is 3.29. The van der Waals surface area contributed by atoms with Crippen molar-refractivity contribution in [3.05, 3.63) is 46.6 Å². The Morgan fingerprint density at radius 3 is 2.65 bits per heavy atom. The molecule has 2 saturated heterocycles. The van der Waals surface area contributed by atoms with Crippen molar-refractivity contribution >= 4 is 45.0 Å². The number of amides is 3. The summed E-state index contributed by atoms with van der Waals surface area (Å²) in [5.74, 6) is -1.39. The van der Waals surface area contributed by atoms with Gasteiger partial charge in [-0.1, -0.05) is 13.0 Å². The molecule has 3 aromatic rings.